The number of para-hydroxylation sites is 2. The van der Waals surface area contributed by atoms with Crippen molar-refractivity contribution in [1.82, 2.24) is 9.97 Å². The van der Waals surface area contributed by atoms with Gasteiger partial charge in [-0.05, 0) is 68.9 Å². The summed E-state index contributed by atoms with van der Waals surface area (Å²) in [6.45, 7) is 4.59. The van der Waals surface area contributed by atoms with Crippen LogP contribution in [0.5, 0.6) is 0 Å². The fraction of sp³-hybridized carbons (Fsp3) is 0.0811. The maximum atomic E-state index is 8.68. The van der Waals surface area contributed by atoms with Crippen LogP contribution in [0.25, 0.3) is 61.5 Å². The second-order valence-corrected chi connectivity index (χ2v) is 11.4. The molecule has 0 bridgehead atoms. The first-order valence-corrected chi connectivity index (χ1v) is 13.8. The van der Waals surface area contributed by atoms with Crippen LogP contribution in [0, 0.1) is 10.8 Å². The molecule has 0 spiro atoms. The summed E-state index contributed by atoms with van der Waals surface area (Å²) in [5.41, 5.74) is 12.6. The van der Waals surface area contributed by atoms with Crippen molar-refractivity contribution in [2.45, 2.75) is 19.3 Å². The van der Waals surface area contributed by atoms with Gasteiger partial charge in [0.05, 0.1) is 33.8 Å². The van der Waals surface area contributed by atoms with Crippen LogP contribution in [-0.2, 0) is 5.41 Å². The van der Waals surface area contributed by atoms with Gasteiger partial charge in [0, 0.05) is 22.1 Å². The number of fused-ring (bicyclic) bond motifs is 7. The van der Waals surface area contributed by atoms with Gasteiger partial charge in [-0.3, -0.25) is 10.8 Å². The van der Waals surface area contributed by atoms with Gasteiger partial charge in [-0.15, -0.1) is 0 Å². The molecule has 0 atom stereocenters. The lowest BCUT2D eigenvalue weighted by atomic mass is 9.81. The summed E-state index contributed by atoms with van der Waals surface area (Å²) < 4.78 is 0. The Morgan fingerprint density at radius 1 is 0.610 bits per heavy atom. The van der Waals surface area contributed by atoms with E-state index in [4.69, 9.17) is 20.8 Å². The van der Waals surface area contributed by atoms with Crippen molar-refractivity contribution in [2.24, 2.45) is 0 Å². The molecule has 4 nitrogen and oxygen atoms in total. The van der Waals surface area contributed by atoms with Crippen LogP contribution in [0.3, 0.4) is 0 Å². The van der Waals surface area contributed by atoms with Crippen LogP contribution in [0.15, 0.2) is 103 Å². The number of hydrogen-bond donors (Lipinski definition) is 2. The highest BCUT2D eigenvalue weighted by Gasteiger charge is 2.35. The van der Waals surface area contributed by atoms with E-state index in [1.54, 1.807) is 6.08 Å². The first-order valence-electron chi connectivity index (χ1n) is 13.8. The fourth-order valence-electron chi connectivity index (χ4n) is 6.55. The zero-order chi connectivity index (χ0) is 27.9. The number of allylic oxidation sites excluding steroid dienone is 1. The molecule has 0 radical (unpaired) electrons. The first-order chi connectivity index (χ1) is 19.9. The Bertz CT molecular complexity index is 2170. The predicted octanol–water partition coefficient (Wildman–Crippen LogP) is 8.84. The molecule has 1 heterocycles. The molecule has 194 valence electrons. The minimum Gasteiger partial charge on any atom is -0.299 e. The predicted molar refractivity (Wildman–Crippen MR) is 169 cm³/mol. The van der Waals surface area contributed by atoms with Crippen molar-refractivity contribution in [3.05, 3.63) is 125 Å². The Morgan fingerprint density at radius 2 is 1.24 bits per heavy atom. The van der Waals surface area contributed by atoms with Crippen molar-refractivity contribution in [1.29, 1.82) is 10.8 Å². The van der Waals surface area contributed by atoms with Crippen LogP contribution in [0.4, 0.5) is 0 Å². The molecule has 0 saturated carbocycles. The number of nitrogens with one attached hydrogen (secondary N) is 2. The minimum atomic E-state index is -0.118. The van der Waals surface area contributed by atoms with Crippen molar-refractivity contribution < 1.29 is 0 Å². The molecule has 0 saturated heterocycles. The van der Waals surface area contributed by atoms with Crippen LogP contribution in [-0.4, -0.2) is 21.4 Å². The molecule has 5 aromatic carbocycles. The molecule has 0 amide bonds. The van der Waals surface area contributed by atoms with Crippen LogP contribution in [0.1, 0.15) is 36.1 Å². The molecule has 6 aromatic rings. The number of rotatable bonds is 2. The number of aromatic nitrogens is 2. The van der Waals surface area contributed by atoms with Crippen molar-refractivity contribution in [3.63, 3.8) is 0 Å². The van der Waals surface area contributed by atoms with E-state index >= 15 is 0 Å². The summed E-state index contributed by atoms with van der Waals surface area (Å²) in [5, 5.41) is 18.9. The second kappa shape index (κ2) is 8.39. The summed E-state index contributed by atoms with van der Waals surface area (Å²) in [5.74, 6) is 0. The molecular formula is C37H26N4. The zero-order valence-electron chi connectivity index (χ0n) is 22.8. The molecular weight excluding hydrogens is 500 g/mol. The quantitative estimate of drug-likeness (QED) is 0.236. The van der Waals surface area contributed by atoms with E-state index in [2.05, 4.69) is 80.6 Å². The van der Waals surface area contributed by atoms with Gasteiger partial charge in [0.15, 0.2) is 0 Å². The third kappa shape index (κ3) is 3.40. The van der Waals surface area contributed by atoms with Gasteiger partial charge in [-0.2, -0.15) is 0 Å². The fourth-order valence-corrected chi connectivity index (χ4v) is 6.55. The molecule has 2 aliphatic rings. The Hall–Kier alpha value is -5.22. The molecule has 1 aromatic heterocycles. The lowest BCUT2D eigenvalue weighted by Gasteiger charge is -2.22. The standard InChI is InChI=1S/C37H26N4/c1-37(2)28-8-4-3-7-25(28)26-17-15-24(20-29(26)37)36-35(40-31-9-5-6-10-32(31)41-36)23-14-12-21-11-13-22-16-18-30(38)34(39)33(22)27(21)19-23/h3-20,38-39H,1-2H3. The monoisotopic (exact) mass is 526 g/mol. The van der Waals surface area contributed by atoms with Crippen LogP contribution < -0.4 is 0 Å². The molecule has 8 rings (SSSR count). The molecule has 2 aliphatic carbocycles. The lowest BCUT2D eigenvalue weighted by molar-refractivity contribution is 0.660. The molecule has 0 unspecified atom stereocenters. The largest absolute Gasteiger partial charge is 0.299 e. The Labute approximate surface area is 238 Å². The van der Waals surface area contributed by atoms with Gasteiger partial charge in [-0.1, -0.05) is 92.7 Å². The Morgan fingerprint density at radius 3 is 2.02 bits per heavy atom. The molecule has 4 heteroatoms. The SMILES string of the molecule is CC1(C)c2ccccc2-c2ccc(-c3nc4ccccc4nc3-c3ccc4ccc5c(c4c3)C(=N)C(=N)C=C5)cc21. The van der Waals surface area contributed by atoms with Gasteiger partial charge >= 0.3 is 0 Å². The van der Waals surface area contributed by atoms with Gasteiger partial charge in [0.1, 0.15) is 0 Å². The maximum absolute atomic E-state index is 8.68. The summed E-state index contributed by atoms with van der Waals surface area (Å²) >= 11 is 0. The van der Waals surface area contributed by atoms with E-state index in [9.17, 15) is 0 Å². The third-order valence-corrected chi connectivity index (χ3v) is 8.70. The average molecular weight is 527 g/mol. The van der Waals surface area contributed by atoms with Gasteiger partial charge in [0.2, 0.25) is 0 Å². The zero-order valence-corrected chi connectivity index (χ0v) is 22.8. The third-order valence-electron chi connectivity index (χ3n) is 8.70. The summed E-state index contributed by atoms with van der Waals surface area (Å²) in [6.07, 6.45) is 3.62. The lowest BCUT2D eigenvalue weighted by Crippen LogP contribution is -2.16. The topological polar surface area (TPSA) is 73.5 Å². The Balaban J connectivity index is 1.38. The van der Waals surface area contributed by atoms with Gasteiger partial charge in [-0.25, -0.2) is 9.97 Å². The molecule has 0 fully saturated rings. The smallest absolute Gasteiger partial charge is 0.0973 e. The van der Waals surface area contributed by atoms with Gasteiger partial charge < -0.3 is 0 Å². The summed E-state index contributed by atoms with van der Waals surface area (Å²) in [4.78, 5) is 10.4. The Kier molecular flexibility index (Phi) is 4.84. The van der Waals surface area contributed by atoms with E-state index in [1.807, 2.05) is 36.4 Å². The van der Waals surface area contributed by atoms with Gasteiger partial charge in [0.25, 0.3) is 0 Å². The minimum absolute atomic E-state index is 0.118. The molecule has 41 heavy (non-hydrogen) atoms. The van der Waals surface area contributed by atoms with E-state index in [0.29, 0.717) is 0 Å². The second-order valence-electron chi connectivity index (χ2n) is 11.4. The van der Waals surface area contributed by atoms with Crippen molar-refractivity contribution >= 4 is 39.3 Å². The molecule has 0 aliphatic heterocycles. The normalized spacial score (nSPS) is 14.8. The highest BCUT2D eigenvalue weighted by atomic mass is 14.8. The first kappa shape index (κ1) is 23.6. The van der Waals surface area contributed by atoms with E-state index in [0.717, 1.165) is 55.4 Å². The number of benzene rings is 5. The number of hydrogen-bond acceptors (Lipinski definition) is 4. The maximum Gasteiger partial charge on any atom is 0.0973 e. The molecule has 2 N–H and O–H groups in total. The van der Waals surface area contributed by atoms with Crippen molar-refractivity contribution in [3.8, 4) is 33.6 Å². The van der Waals surface area contributed by atoms with E-state index in [1.165, 1.54) is 22.3 Å². The van der Waals surface area contributed by atoms with E-state index < -0.39 is 0 Å². The number of nitrogens with zero attached hydrogens (tertiary/aromatic N) is 2. The average Bonchev–Trinajstić information content (AvgIpc) is 3.23. The summed E-state index contributed by atoms with van der Waals surface area (Å²) in [7, 11) is 0. The summed E-state index contributed by atoms with van der Waals surface area (Å²) in [6, 6.07) is 33.8. The van der Waals surface area contributed by atoms with Crippen LogP contribution >= 0.6 is 0 Å². The van der Waals surface area contributed by atoms with Crippen LogP contribution in [0.2, 0.25) is 0 Å². The van der Waals surface area contributed by atoms with E-state index in [-0.39, 0.29) is 16.8 Å². The highest BCUT2D eigenvalue weighted by molar-refractivity contribution is 6.53. The van der Waals surface area contributed by atoms with Crippen molar-refractivity contribution in [2.75, 3.05) is 0 Å². The highest BCUT2D eigenvalue weighted by Crippen LogP contribution is 2.49.